The Labute approximate surface area is 166 Å². The normalized spacial score (nSPS) is 10.4. The van der Waals surface area contributed by atoms with Gasteiger partial charge in [-0.1, -0.05) is 29.8 Å². The number of rotatable bonds is 6. The predicted molar refractivity (Wildman–Crippen MR) is 106 cm³/mol. The van der Waals surface area contributed by atoms with Crippen LogP contribution in [0.3, 0.4) is 0 Å². The highest BCUT2D eigenvalue weighted by Gasteiger charge is 2.15. The Hall–Kier alpha value is -3.52. The second kappa shape index (κ2) is 9.43. The average Bonchev–Trinajstić information content (AvgIpc) is 2.67. The van der Waals surface area contributed by atoms with Crippen molar-refractivity contribution >= 4 is 35.3 Å². The van der Waals surface area contributed by atoms with Gasteiger partial charge in [0.1, 0.15) is 5.70 Å². The van der Waals surface area contributed by atoms with E-state index in [0.717, 1.165) is 0 Å². The molecule has 0 aliphatic rings. The number of nitro groups is 1. The molecule has 144 valence electrons. The number of hydrazone groups is 1. The van der Waals surface area contributed by atoms with Crippen LogP contribution in [-0.2, 0) is 4.79 Å². The van der Waals surface area contributed by atoms with Gasteiger partial charge in [0.2, 0.25) is 0 Å². The van der Waals surface area contributed by atoms with Crippen LogP contribution >= 0.6 is 11.6 Å². The van der Waals surface area contributed by atoms with Gasteiger partial charge in [-0.3, -0.25) is 19.7 Å². The summed E-state index contributed by atoms with van der Waals surface area (Å²) in [5.74, 6) is -1.07. The summed E-state index contributed by atoms with van der Waals surface area (Å²) in [6.45, 7) is 3.34. The van der Waals surface area contributed by atoms with Gasteiger partial charge in [-0.25, -0.2) is 5.43 Å². The highest BCUT2D eigenvalue weighted by molar-refractivity contribution is 6.33. The molecule has 0 saturated heterocycles. The third-order valence-corrected chi connectivity index (χ3v) is 3.91. The summed E-state index contributed by atoms with van der Waals surface area (Å²) in [5, 5.41) is 17.4. The first kappa shape index (κ1) is 20.8. The Morgan fingerprint density at radius 1 is 1.14 bits per heavy atom. The van der Waals surface area contributed by atoms with Gasteiger partial charge in [0.05, 0.1) is 11.1 Å². The van der Waals surface area contributed by atoms with Crippen molar-refractivity contribution < 1.29 is 14.5 Å². The van der Waals surface area contributed by atoms with E-state index in [1.807, 2.05) is 0 Å². The highest BCUT2D eigenvalue weighted by Crippen LogP contribution is 2.20. The zero-order valence-electron chi connectivity index (χ0n) is 15.1. The molecule has 0 radical (unpaired) electrons. The van der Waals surface area contributed by atoms with Crippen molar-refractivity contribution in [2.75, 3.05) is 0 Å². The minimum absolute atomic E-state index is 0.0520. The molecule has 0 fully saturated rings. The van der Waals surface area contributed by atoms with E-state index in [4.69, 9.17) is 11.6 Å². The standard InChI is InChI=1S/C19H17ClN4O4/c1-12(2)17(22-18(25)13-6-4-3-5-7-13)19(26)23-21-11-14-10-15(24(27)28)8-9-16(14)20/h3-11H,1-2H3,(H,22,25)(H,23,26)/b21-11-. The van der Waals surface area contributed by atoms with Crippen LogP contribution in [0, 0.1) is 10.1 Å². The zero-order chi connectivity index (χ0) is 20.7. The molecule has 0 atom stereocenters. The topological polar surface area (TPSA) is 114 Å². The number of hydrogen-bond acceptors (Lipinski definition) is 5. The van der Waals surface area contributed by atoms with Crippen LogP contribution in [0.5, 0.6) is 0 Å². The number of hydrogen-bond donors (Lipinski definition) is 2. The van der Waals surface area contributed by atoms with Crippen molar-refractivity contribution in [2.45, 2.75) is 13.8 Å². The van der Waals surface area contributed by atoms with Gasteiger partial charge in [-0.05, 0) is 37.6 Å². The number of non-ortho nitro benzene ring substituents is 1. The van der Waals surface area contributed by atoms with Gasteiger partial charge >= 0.3 is 0 Å². The van der Waals surface area contributed by atoms with Crippen molar-refractivity contribution in [2.24, 2.45) is 5.10 Å². The third-order valence-electron chi connectivity index (χ3n) is 3.56. The molecule has 0 bridgehead atoms. The van der Waals surface area contributed by atoms with Gasteiger partial charge < -0.3 is 5.32 Å². The minimum Gasteiger partial charge on any atom is -0.317 e. The summed E-state index contributed by atoms with van der Waals surface area (Å²) >= 11 is 5.97. The van der Waals surface area contributed by atoms with Crippen LogP contribution in [0.25, 0.3) is 0 Å². The summed E-state index contributed by atoms with van der Waals surface area (Å²) in [7, 11) is 0. The molecule has 28 heavy (non-hydrogen) atoms. The number of carbonyl (C=O) groups excluding carboxylic acids is 2. The number of amides is 2. The van der Waals surface area contributed by atoms with Gasteiger partial charge in [-0.2, -0.15) is 5.10 Å². The van der Waals surface area contributed by atoms with E-state index in [-0.39, 0.29) is 22.0 Å². The van der Waals surface area contributed by atoms with E-state index in [9.17, 15) is 19.7 Å². The number of nitrogens with zero attached hydrogens (tertiary/aromatic N) is 2. The Morgan fingerprint density at radius 3 is 2.43 bits per heavy atom. The lowest BCUT2D eigenvalue weighted by molar-refractivity contribution is -0.384. The Bertz CT molecular complexity index is 967. The molecule has 9 heteroatoms. The maximum atomic E-state index is 12.4. The number of carbonyl (C=O) groups is 2. The van der Waals surface area contributed by atoms with Crippen molar-refractivity contribution in [3.63, 3.8) is 0 Å². The van der Waals surface area contributed by atoms with Gasteiger partial charge in [0.25, 0.3) is 17.5 Å². The molecule has 2 rings (SSSR count). The number of allylic oxidation sites excluding steroid dienone is 1. The lowest BCUT2D eigenvalue weighted by Crippen LogP contribution is -2.33. The van der Waals surface area contributed by atoms with Crippen LogP contribution in [-0.4, -0.2) is 23.0 Å². The van der Waals surface area contributed by atoms with E-state index in [0.29, 0.717) is 11.1 Å². The summed E-state index contributed by atoms with van der Waals surface area (Å²) in [5.41, 5.74) is 3.42. The molecule has 2 aromatic carbocycles. The van der Waals surface area contributed by atoms with Crippen LogP contribution in [0.4, 0.5) is 5.69 Å². The zero-order valence-corrected chi connectivity index (χ0v) is 15.9. The number of nitrogens with one attached hydrogen (secondary N) is 2. The first-order chi connectivity index (χ1) is 13.3. The molecule has 0 heterocycles. The van der Waals surface area contributed by atoms with Crippen molar-refractivity contribution in [1.29, 1.82) is 0 Å². The van der Waals surface area contributed by atoms with Crippen LogP contribution in [0.1, 0.15) is 29.8 Å². The number of benzene rings is 2. The first-order valence-electron chi connectivity index (χ1n) is 8.11. The lowest BCUT2D eigenvalue weighted by Gasteiger charge is -2.10. The van der Waals surface area contributed by atoms with Crippen LogP contribution in [0.2, 0.25) is 5.02 Å². The molecule has 0 aliphatic heterocycles. The molecule has 0 aromatic heterocycles. The fourth-order valence-electron chi connectivity index (χ4n) is 2.14. The number of nitro benzene ring substituents is 1. The maximum Gasteiger partial charge on any atom is 0.287 e. The third kappa shape index (κ3) is 5.49. The van der Waals surface area contributed by atoms with Gasteiger partial charge in [-0.15, -0.1) is 0 Å². The Kier molecular flexibility index (Phi) is 7.00. The summed E-state index contributed by atoms with van der Waals surface area (Å²) in [6.07, 6.45) is 1.19. The van der Waals surface area contributed by atoms with Crippen LogP contribution < -0.4 is 10.7 Å². The Morgan fingerprint density at radius 2 is 1.82 bits per heavy atom. The highest BCUT2D eigenvalue weighted by atomic mass is 35.5. The van der Waals surface area contributed by atoms with Gasteiger partial charge in [0, 0.05) is 28.3 Å². The van der Waals surface area contributed by atoms with Gasteiger partial charge in [0.15, 0.2) is 0 Å². The van der Waals surface area contributed by atoms with E-state index in [1.165, 1.54) is 24.4 Å². The lowest BCUT2D eigenvalue weighted by atomic mass is 10.2. The molecule has 0 unspecified atom stereocenters. The summed E-state index contributed by atoms with van der Waals surface area (Å²) in [6, 6.07) is 12.3. The molecule has 0 aliphatic carbocycles. The smallest absolute Gasteiger partial charge is 0.287 e. The molecule has 8 nitrogen and oxygen atoms in total. The average molecular weight is 401 g/mol. The molecule has 0 saturated carbocycles. The maximum absolute atomic E-state index is 12.4. The SMILES string of the molecule is CC(C)=C(NC(=O)c1ccccc1)C(=O)N/N=C\c1cc([N+](=O)[O-])ccc1Cl. The van der Waals surface area contributed by atoms with E-state index in [1.54, 1.807) is 44.2 Å². The predicted octanol–water partition coefficient (Wildman–Crippen LogP) is 3.42. The fourth-order valence-corrected chi connectivity index (χ4v) is 2.31. The van der Waals surface area contributed by atoms with E-state index < -0.39 is 16.7 Å². The van der Waals surface area contributed by atoms with Crippen molar-refractivity contribution in [3.8, 4) is 0 Å². The van der Waals surface area contributed by atoms with E-state index in [2.05, 4.69) is 15.8 Å². The van der Waals surface area contributed by atoms with Crippen molar-refractivity contribution in [3.05, 3.63) is 86.1 Å². The quantitative estimate of drug-likeness (QED) is 0.334. The molecule has 2 amide bonds. The van der Waals surface area contributed by atoms with Crippen LogP contribution in [0.15, 0.2) is 64.9 Å². The van der Waals surface area contributed by atoms with E-state index >= 15 is 0 Å². The monoisotopic (exact) mass is 400 g/mol. The van der Waals surface area contributed by atoms with Crippen molar-refractivity contribution in [1.82, 2.24) is 10.7 Å². The molecule has 0 spiro atoms. The number of halogens is 1. The molecular formula is C19H17ClN4O4. The summed E-state index contributed by atoms with van der Waals surface area (Å²) in [4.78, 5) is 34.9. The second-order valence-electron chi connectivity index (χ2n) is 5.86. The minimum atomic E-state index is -0.637. The molecular weight excluding hydrogens is 384 g/mol. The molecule has 2 aromatic rings. The fraction of sp³-hybridized carbons (Fsp3) is 0.105. The Balaban J connectivity index is 2.10. The first-order valence-corrected chi connectivity index (χ1v) is 8.48. The second-order valence-corrected chi connectivity index (χ2v) is 6.26. The summed E-state index contributed by atoms with van der Waals surface area (Å²) < 4.78 is 0. The molecule has 2 N–H and O–H groups in total. The largest absolute Gasteiger partial charge is 0.317 e.